The van der Waals surface area contributed by atoms with E-state index in [2.05, 4.69) is 26.3 Å². The van der Waals surface area contributed by atoms with E-state index in [0.29, 0.717) is 0 Å². The molecule has 0 bridgehead atoms. The lowest BCUT2D eigenvalue weighted by molar-refractivity contribution is 1.42. The predicted octanol–water partition coefficient (Wildman–Crippen LogP) is 4.03. The Bertz CT molecular complexity index is 200. The molecule has 0 aliphatic carbocycles. The van der Waals surface area contributed by atoms with Gasteiger partial charge < -0.3 is 0 Å². The van der Waals surface area contributed by atoms with Gasteiger partial charge in [-0.15, -0.1) is 6.58 Å². The topological polar surface area (TPSA) is 23.8 Å². The van der Waals surface area contributed by atoms with Gasteiger partial charge in [0, 0.05) is 6.08 Å². The lowest BCUT2D eigenvalue weighted by atomic mass is 10.4. The fourth-order valence-corrected chi connectivity index (χ4v) is 0. The van der Waals surface area contributed by atoms with Crippen LogP contribution in [0.3, 0.4) is 0 Å². The lowest BCUT2D eigenvalue weighted by Crippen LogP contribution is -1.50. The monoisotopic (exact) mass is 177 g/mol. The second kappa shape index (κ2) is 16.8. The van der Waals surface area contributed by atoms with Gasteiger partial charge in [-0.3, -0.25) is 0 Å². The summed E-state index contributed by atoms with van der Waals surface area (Å²) < 4.78 is 0. The predicted molar refractivity (Wildman–Crippen MR) is 61.3 cm³/mol. The maximum atomic E-state index is 7.51. The molecule has 0 fully saturated rings. The third-order valence-corrected chi connectivity index (χ3v) is 0.440. The Hall–Kier alpha value is -1.55. The maximum absolute atomic E-state index is 7.51. The molecule has 0 saturated heterocycles. The van der Waals surface area contributed by atoms with Crippen LogP contribution in [0.2, 0.25) is 0 Å². The van der Waals surface area contributed by atoms with Crippen LogP contribution < -0.4 is 0 Å². The van der Waals surface area contributed by atoms with E-state index in [0.717, 1.165) is 5.57 Å². The minimum atomic E-state index is 1.02. The summed E-state index contributed by atoms with van der Waals surface area (Å²) >= 11 is 0. The highest BCUT2D eigenvalue weighted by atomic mass is 14.2. The van der Waals surface area contributed by atoms with Crippen molar-refractivity contribution >= 4 is 0 Å². The Morgan fingerprint density at radius 2 is 1.31 bits per heavy atom. The molecule has 0 N–H and O–H groups in total. The van der Waals surface area contributed by atoms with Crippen molar-refractivity contribution in [3.8, 4) is 6.07 Å². The van der Waals surface area contributed by atoms with Crippen LogP contribution in [0.15, 0.2) is 49.6 Å². The number of rotatable bonds is 1. The SMILES string of the molecule is C=C(C)C.C=CC#N.C=CC(=C)C. The summed E-state index contributed by atoms with van der Waals surface area (Å²) in [5.74, 6) is 0. The first-order valence-electron chi connectivity index (χ1n) is 3.82. The molecule has 1 nitrogen and oxygen atoms in total. The summed E-state index contributed by atoms with van der Waals surface area (Å²) in [6.45, 7) is 19.5. The zero-order valence-electron chi connectivity index (χ0n) is 8.93. The van der Waals surface area contributed by atoms with E-state index in [-0.39, 0.29) is 0 Å². The second-order valence-corrected chi connectivity index (χ2v) is 2.59. The molecule has 1 heteroatoms. The van der Waals surface area contributed by atoms with Gasteiger partial charge in [0.25, 0.3) is 0 Å². The number of hydrogen-bond donors (Lipinski definition) is 0. The molecule has 0 aliphatic rings. The van der Waals surface area contributed by atoms with Crippen LogP contribution in [0, 0.1) is 11.3 Å². The molecule has 0 unspecified atom stereocenters. The van der Waals surface area contributed by atoms with Crippen molar-refractivity contribution in [1.29, 1.82) is 5.26 Å². The van der Waals surface area contributed by atoms with E-state index in [1.807, 2.05) is 20.8 Å². The standard InChI is InChI=1S/C5H8.C4H8.C3H3N/c1-4-5(2)3;1-4(2)3;1-2-3-4/h4H,1-2H2,3H3;1H2,2-3H3;2H,1H2. The van der Waals surface area contributed by atoms with Gasteiger partial charge >= 0.3 is 0 Å². The highest BCUT2D eigenvalue weighted by Gasteiger charge is 1.59. The second-order valence-electron chi connectivity index (χ2n) is 2.59. The summed E-state index contributed by atoms with van der Waals surface area (Å²) in [7, 11) is 0. The van der Waals surface area contributed by atoms with Gasteiger partial charge in [-0.1, -0.05) is 37.0 Å². The average molecular weight is 177 g/mol. The van der Waals surface area contributed by atoms with Crippen LogP contribution in [0.25, 0.3) is 0 Å². The lowest BCUT2D eigenvalue weighted by Gasteiger charge is -1.71. The summed E-state index contributed by atoms with van der Waals surface area (Å²) in [5.41, 5.74) is 2.19. The van der Waals surface area contributed by atoms with Gasteiger partial charge in [0.05, 0.1) is 6.07 Å². The minimum absolute atomic E-state index is 1.02. The van der Waals surface area contributed by atoms with Gasteiger partial charge in [0.1, 0.15) is 0 Å². The smallest absolute Gasteiger partial charge is 0.0905 e. The van der Waals surface area contributed by atoms with Crippen LogP contribution in [0.1, 0.15) is 20.8 Å². The van der Waals surface area contributed by atoms with Crippen LogP contribution >= 0.6 is 0 Å². The molecule has 0 heterocycles. The first kappa shape index (κ1) is 17.5. The Kier molecular flexibility index (Phi) is 22.6. The molecule has 0 spiro atoms. The molecule has 72 valence electrons. The molecule has 0 aromatic heterocycles. The number of nitriles is 1. The summed E-state index contributed by atoms with van der Waals surface area (Å²) in [6.07, 6.45) is 2.90. The van der Waals surface area contributed by atoms with E-state index in [1.165, 1.54) is 11.6 Å². The van der Waals surface area contributed by atoms with Gasteiger partial charge in [0.15, 0.2) is 0 Å². The number of hydrogen-bond acceptors (Lipinski definition) is 1. The first-order valence-corrected chi connectivity index (χ1v) is 3.82. The van der Waals surface area contributed by atoms with Crippen molar-refractivity contribution in [2.75, 3.05) is 0 Å². The van der Waals surface area contributed by atoms with Crippen molar-refractivity contribution in [1.82, 2.24) is 0 Å². The van der Waals surface area contributed by atoms with E-state index in [4.69, 9.17) is 5.26 Å². The maximum Gasteiger partial charge on any atom is 0.0905 e. The van der Waals surface area contributed by atoms with Crippen LogP contribution in [0.5, 0.6) is 0 Å². The molecule has 0 radical (unpaired) electrons. The quantitative estimate of drug-likeness (QED) is 0.337. The van der Waals surface area contributed by atoms with Crippen molar-refractivity contribution in [3.63, 3.8) is 0 Å². The normalized spacial score (nSPS) is 5.69. The van der Waals surface area contributed by atoms with Gasteiger partial charge in [-0.05, 0) is 20.8 Å². The number of allylic oxidation sites excluding steroid dienone is 4. The molecule has 0 aliphatic heterocycles. The summed E-state index contributed by atoms with van der Waals surface area (Å²) in [6, 6.07) is 1.69. The van der Waals surface area contributed by atoms with Crippen LogP contribution in [0.4, 0.5) is 0 Å². The molecule has 0 atom stereocenters. The third kappa shape index (κ3) is 355. The van der Waals surface area contributed by atoms with E-state index >= 15 is 0 Å². The average Bonchev–Trinajstić information content (AvgIpc) is 2.04. The summed E-state index contributed by atoms with van der Waals surface area (Å²) in [5, 5.41) is 7.51. The third-order valence-electron chi connectivity index (χ3n) is 0.440. The summed E-state index contributed by atoms with van der Waals surface area (Å²) in [4.78, 5) is 0. The Morgan fingerprint density at radius 1 is 1.15 bits per heavy atom. The molecule has 0 aromatic rings. The number of nitrogens with zero attached hydrogens (tertiary/aromatic N) is 1. The highest BCUT2D eigenvalue weighted by Crippen LogP contribution is 1.81. The van der Waals surface area contributed by atoms with E-state index in [9.17, 15) is 0 Å². The van der Waals surface area contributed by atoms with Crippen molar-refractivity contribution in [3.05, 3.63) is 49.6 Å². The van der Waals surface area contributed by atoms with Crippen LogP contribution in [-0.4, -0.2) is 0 Å². The first-order chi connectivity index (χ1) is 5.92. The van der Waals surface area contributed by atoms with Crippen molar-refractivity contribution in [2.24, 2.45) is 0 Å². The Morgan fingerprint density at radius 3 is 1.31 bits per heavy atom. The zero-order valence-corrected chi connectivity index (χ0v) is 8.93. The molecular weight excluding hydrogens is 158 g/mol. The molecule has 0 saturated carbocycles. The Labute approximate surface area is 82.4 Å². The minimum Gasteiger partial charge on any atom is -0.193 e. The van der Waals surface area contributed by atoms with Crippen molar-refractivity contribution in [2.45, 2.75) is 20.8 Å². The highest BCUT2D eigenvalue weighted by molar-refractivity contribution is 5.05. The fraction of sp³-hybridized carbons (Fsp3) is 0.250. The Balaban J connectivity index is -0.000000117. The molecule has 0 amide bonds. The molecule has 13 heavy (non-hydrogen) atoms. The largest absolute Gasteiger partial charge is 0.193 e. The zero-order chi connectivity index (χ0) is 11.3. The van der Waals surface area contributed by atoms with Gasteiger partial charge in [-0.2, -0.15) is 5.26 Å². The van der Waals surface area contributed by atoms with Gasteiger partial charge in [-0.25, -0.2) is 0 Å². The van der Waals surface area contributed by atoms with Crippen LogP contribution in [-0.2, 0) is 0 Å². The van der Waals surface area contributed by atoms with Crippen molar-refractivity contribution < 1.29 is 0 Å². The van der Waals surface area contributed by atoms with E-state index < -0.39 is 0 Å². The fourth-order valence-electron chi connectivity index (χ4n) is 0. The van der Waals surface area contributed by atoms with E-state index in [1.54, 1.807) is 12.1 Å². The molecule has 0 aromatic carbocycles. The van der Waals surface area contributed by atoms with Gasteiger partial charge in [0.2, 0.25) is 0 Å². The molecular formula is C12H19N. The molecule has 0 rings (SSSR count).